The largest absolute Gasteiger partial charge is 0.461 e. The highest BCUT2D eigenvalue weighted by Gasteiger charge is 2.19. The van der Waals surface area contributed by atoms with E-state index in [0.29, 0.717) is 18.8 Å². The minimum absolute atomic E-state index is 0.107. The van der Waals surface area contributed by atoms with Crippen LogP contribution in [-0.4, -0.2) is 29.3 Å². The van der Waals surface area contributed by atoms with E-state index >= 15 is 0 Å². The van der Waals surface area contributed by atoms with Gasteiger partial charge in [0.25, 0.3) is 0 Å². The van der Waals surface area contributed by atoms with Crippen LogP contribution in [0.4, 0.5) is 0 Å². The van der Waals surface area contributed by atoms with Crippen molar-refractivity contribution in [2.45, 2.75) is 13.3 Å². The van der Waals surface area contributed by atoms with Gasteiger partial charge in [-0.05, 0) is 18.9 Å². The number of benzene rings is 1. The minimum atomic E-state index is -0.495. The highest BCUT2D eigenvalue weighted by molar-refractivity contribution is 5.93. The third kappa shape index (κ3) is 3.00. The van der Waals surface area contributed by atoms with Crippen LogP contribution in [0.25, 0.3) is 11.3 Å². The average Bonchev–Trinajstić information content (AvgIpc) is 2.89. The van der Waals surface area contributed by atoms with Crippen LogP contribution in [0.1, 0.15) is 23.0 Å². The van der Waals surface area contributed by atoms with Crippen molar-refractivity contribution in [3.63, 3.8) is 0 Å². The summed E-state index contributed by atoms with van der Waals surface area (Å²) in [6, 6.07) is 7.41. The van der Waals surface area contributed by atoms with Gasteiger partial charge < -0.3 is 14.3 Å². The van der Waals surface area contributed by atoms with E-state index in [9.17, 15) is 4.79 Å². The molecule has 0 saturated heterocycles. The molecule has 0 radical (unpaired) electrons. The highest BCUT2D eigenvalue weighted by atomic mass is 16.5. The smallest absolute Gasteiger partial charge is 0.360 e. The summed E-state index contributed by atoms with van der Waals surface area (Å²) in [6.07, 6.45) is 1.82. The van der Waals surface area contributed by atoms with E-state index in [1.54, 1.807) is 6.92 Å². The zero-order valence-corrected chi connectivity index (χ0v) is 10.6. The fourth-order valence-corrected chi connectivity index (χ4v) is 1.75. The first-order valence-electron chi connectivity index (χ1n) is 6.07. The lowest BCUT2D eigenvalue weighted by Gasteiger charge is -2.03. The molecular formula is C14H15NO4. The maximum Gasteiger partial charge on any atom is 0.360 e. The fourth-order valence-electron chi connectivity index (χ4n) is 1.75. The van der Waals surface area contributed by atoms with Crippen LogP contribution in [-0.2, 0) is 11.2 Å². The van der Waals surface area contributed by atoms with Crippen molar-refractivity contribution in [2.75, 3.05) is 13.2 Å². The first-order chi connectivity index (χ1) is 9.26. The van der Waals surface area contributed by atoms with Crippen LogP contribution in [0.15, 0.2) is 35.1 Å². The van der Waals surface area contributed by atoms with E-state index in [4.69, 9.17) is 14.3 Å². The van der Waals surface area contributed by atoms with Crippen LogP contribution < -0.4 is 0 Å². The molecule has 0 unspecified atom stereocenters. The lowest BCUT2D eigenvalue weighted by Crippen LogP contribution is -2.06. The molecule has 2 aromatic rings. The fraction of sp³-hybridized carbons (Fsp3) is 0.286. The molecule has 0 aliphatic heterocycles. The molecule has 0 atom stereocenters. The number of carbonyl (C=O) groups excluding carboxylic acids is 1. The Morgan fingerprint density at radius 1 is 1.37 bits per heavy atom. The Labute approximate surface area is 110 Å². The number of hydrogen-bond acceptors (Lipinski definition) is 5. The Balaban J connectivity index is 2.26. The lowest BCUT2D eigenvalue weighted by molar-refractivity contribution is 0.0520. The molecule has 0 bridgehead atoms. The summed E-state index contributed by atoms with van der Waals surface area (Å²) >= 11 is 0. The van der Waals surface area contributed by atoms with Crippen molar-refractivity contribution >= 4 is 5.97 Å². The molecule has 1 aromatic carbocycles. The van der Waals surface area contributed by atoms with Crippen LogP contribution in [0.5, 0.6) is 0 Å². The number of aliphatic hydroxyl groups excluding tert-OH is 1. The normalized spacial score (nSPS) is 10.4. The van der Waals surface area contributed by atoms with Gasteiger partial charge in [0.2, 0.25) is 0 Å². The van der Waals surface area contributed by atoms with Gasteiger partial charge in [0.05, 0.1) is 6.61 Å². The molecule has 0 spiro atoms. The average molecular weight is 261 g/mol. The molecule has 1 N–H and O–H groups in total. The Hall–Kier alpha value is -2.14. The molecule has 100 valence electrons. The molecular weight excluding hydrogens is 246 g/mol. The zero-order valence-electron chi connectivity index (χ0n) is 10.6. The minimum Gasteiger partial charge on any atom is -0.461 e. The van der Waals surface area contributed by atoms with Crippen molar-refractivity contribution in [1.82, 2.24) is 4.98 Å². The van der Waals surface area contributed by atoms with E-state index in [1.165, 1.54) is 6.39 Å². The summed E-state index contributed by atoms with van der Waals surface area (Å²) in [5.41, 5.74) is 1.95. The maximum atomic E-state index is 11.7. The third-order valence-electron chi connectivity index (χ3n) is 2.65. The molecule has 1 heterocycles. The summed E-state index contributed by atoms with van der Waals surface area (Å²) in [6.45, 7) is 2.14. The summed E-state index contributed by atoms with van der Waals surface area (Å²) in [5.74, 6) is -0.0975. The van der Waals surface area contributed by atoms with Crippen LogP contribution in [0, 0.1) is 0 Å². The molecule has 2 rings (SSSR count). The van der Waals surface area contributed by atoms with E-state index < -0.39 is 5.97 Å². The number of hydrogen-bond donors (Lipinski definition) is 1. The molecule has 0 saturated carbocycles. The number of carbonyl (C=O) groups is 1. The van der Waals surface area contributed by atoms with Crippen molar-refractivity contribution in [3.05, 3.63) is 41.9 Å². The Bertz CT molecular complexity index is 545. The number of aromatic nitrogens is 1. The Morgan fingerprint density at radius 2 is 2.11 bits per heavy atom. The molecule has 5 heteroatoms. The monoisotopic (exact) mass is 261 g/mol. The Morgan fingerprint density at radius 3 is 2.74 bits per heavy atom. The van der Waals surface area contributed by atoms with Gasteiger partial charge in [-0.15, -0.1) is 0 Å². The number of ether oxygens (including phenoxy) is 1. The lowest BCUT2D eigenvalue weighted by atomic mass is 10.1. The highest BCUT2D eigenvalue weighted by Crippen LogP contribution is 2.24. The van der Waals surface area contributed by atoms with Gasteiger partial charge in [-0.2, -0.15) is 0 Å². The van der Waals surface area contributed by atoms with E-state index in [0.717, 1.165) is 11.1 Å². The first kappa shape index (κ1) is 13.3. The second-order valence-electron chi connectivity index (χ2n) is 3.92. The van der Waals surface area contributed by atoms with Crippen molar-refractivity contribution in [2.24, 2.45) is 0 Å². The summed E-state index contributed by atoms with van der Waals surface area (Å²) < 4.78 is 10.2. The number of rotatable bonds is 5. The number of esters is 1. The summed E-state index contributed by atoms with van der Waals surface area (Å²) in [7, 11) is 0. The van der Waals surface area contributed by atoms with Gasteiger partial charge in [0.1, 0.15) is 0 Å². The number of oxazole rings is 1. The van der Waals surface area contributed by atoms with E-state index in [-0.39, 0.29) is 12.3 Å². The predicted molar refractivity (Wildman–Crippen MR) is 68.7 cm³/mol. The van der Waals surface area contributed by atoms with Gasteiger partial charge >= 0.3 is 5.97 Å². The molecule has 5 nitrogen and oxygen atoms in total. The number of aliphatic hydroxyl groups is 1. The molecule has 0 amide bonds. The molecule has 0 fully saturated rings. The predicted octanol–water partition coefficient (Wildman–Crippen LogP) is 2.05. The third-order valence-corrected chi connectivity index (χ3v) is 2.65. The van der Waals surface area contributed by atoms with Gasteiger partial charge in [-0.25, -0.2) is 9.78 Å². The van der Waals surface area contributed by atoms with Crippen molar-refractivity contribution in [1.29, 1.82) is 0 Å². The summed E-state index contributed by atoms with van der Waals surface area (Å²) in [5, 5.41) is 8.86. The van der Waals surface area contributed by atoms with Crippen LogP contribution in [0.3, 0.4) is 0 Å². The van der Waals surface area contributed by atoms with Gasteiger partial charge in [-0.1, -0.05) is 24.3 Å². The van der Waals surface area contributed by atoms with Gasteiger partial charge in [0.15, 0.2) is 17.8 Å². The molecule has 19 heavy (non-hydrogen) atoms. The molecule has 0 aliphatic carbocycles. The second kappa shape index (κ2) is 6.15. The molecule has 1 aromatic heterocycles. The van der Waals surface area contributed by atoms with Crippen molar-refractivity contribution < 1.29 is 19.1 Å². The van der Waals surface area contributed by atoms with Gasteiger partial charge in [0, 0.05) is 12.2 Å². The topological polar surface area (TPSA) is 72.6 Å². The van der Waals surface area contributed by atoms with Crippen molar-refractivity contribution in [3.8, 4) is 11.3 Å². The van der Waals surface area contributed by atoms with Crippen LogP contribution >= 0.6 is 0 Å². The van der Waals surface area contributed by atoms with Crippen LogP contribution in [0.2, 0.25) is 0 Å². The van der Waals surface area contributed by atoms with Gasteiger partial charge in [-0.3, -0.25) is 0 Å². The standard InChI is InChI=1S/C14H15NO4/c1-2-18-14(17)12-13(19-9-15-12)11-5-3-10(4-6-11)7-8-16/h3-6,9,16H,2,7-8H2,1H3. The van der Waals surface area contributed by atoms with E-state index in [2.05, 4.69) is 4.98 Å². The number of nitrogens with zero attached hydrogens (tertiary/aromatic N) is 1. The molecule has 0 aliphatic rings. The maximum absolute atomic E-state index is 11.7. The van der Waals surface area contributed by atoms with E-state index in [1.807, 2.05) is 24.3 Å². The Kier molecular flexibility index (Phi) is 4.30. The zero-order chi connectivity index (χ0) is 13.7. The SMILES string of the molecule is CCOC(=O)c1ncoc1-c1ccc(CCO)cc1. The first-order valence-corrected chi connectivity index (χ1v) is 6.07. The second-order valence-corrected chi connectivity index (χ2v) is 3.92. The summed E-state index contributed by atoms with van der Waals surface area (Å²) in [4.78, 5) is 15.6. The quantitative estimate of drug-likeness (QED) is 0.834.